The number of rotatable bonds is 8. The van der Waals surface area contributed by atoms with Crippen LogP contribution >= 0.6 is 0 Å². The van der Waals surface area contributed by atoms with E-state index in [0.717, 1.165) is 28.1 Å². The summed E-state index contributed by atoms with van der Waals surface area (Å²) >= 11 is 0. The topological polar surface area (TPSA) is 81.2 Å². The molecule has 2 N–H and O–H groups in total. The number of nitrogens with one attached hydrogen (secondary N) is 2. The molecular formula is C22H21N5O2. The molecule has 0 fully saturated rings. The van der Waals surface area contributed by atoms with Crippen molar-refractivity contribution >= 4 is 28.4 Å². The number of methoxy groups -OCH3 is 1. The summed E-state index contributed by atoms with van der Waals surface area (Å²) in [5.41, 5.74) is 1.80. The first-order valence-electron chi connectivity index (χ1n) is 9.26. The van der Waals surface area contributed by atoms with Gasteiger partial charge in [0.05, 0.1) is 24.9 Å². The van der Waals surface area contributed by atoms with Crippen LogP contribution in [0.4, 0.5) is 17.5 Å². The SMILES string of the molecule is COc1ccc(OCCNc2nccc(Nc3cccc4cccnc34)n2)cc1. The summed E-state index contributed by atoms with van der Waals surface area (Å²) in [7, 11) is 1.64. The van der Waals surface area contributed by atoms with Crippen LogP contribution in [0.5, 0.6) is 11.5 Å². The van der Waals surface area contributed by atoms with Crippen LogP contribution in [0.2, 0.25) is 0 Å². The van der Waals surface area contributed by atoms with Crippen molar-refractivity contribution in [3.63, 3.8) is 0 Å². The molecule has 2 aromatic carbocycles. The molecule has 0 amide bonds. The number of fused-ring (bicyclic) bond motifs is 1. The fraction of sp³-hybridized carbons (Fsp3) is 0.136. The number of benzene rings is 2. The molecule has 0 aliphatic rings. The van der Waals surface area contributed by atoms with E-state index in [9.17, 15) is 0 Å². The van der Waals surface area contributed by atoms with Crippen LogP contribution in [0.15, 0.2) is 73.1 Å². The lowest BCUT2D eigenvalue weighted by Gasteiger charge is -2.11. The molecule has 0 unspecified atom stereocenters. The fourth-order valence-electron chi connectivity index (χ4n) is 2.86. The third-order valence-electron chi connectivity index (χ3n) is 4.26. The molecule has 0 saturated carbocycles. The van der Waals surface area contributed by atoms with Crippen LogP contribution in [0.1, 0.15) is 0 Å². The smallest absolute Gasteiger partial charge is 0.224 e. The molecule has 0 aliphatic heterocycles. The molecule has 4 rings (SSSR count). The first-order valence-corrected chi connectivity index (χ1v) is 9.26. The highest BCUT2D eigenvalue weighted by Gasteiger charge is 2.04. The molecular weight excluding hydrogens is 366 g/mol. The van der Waals surface area contributed by atoms with Crippen molar-refractivity contribution < 1.29 is 9.47 Å². The maximum absolute atomic E-state index is 5.70. The van der Waals surface area contributed by atoms with Crippen molar-refractivity contribution in [1.29, 1.82) is 0 Å². The van der Waals surface area contributed by atoms with Gasteiger partial charge in [-0.25, -0.2) is 4.98 Å². The van der Waals surface area contributed by atoms with Crippen molar-refractivity contribution in [2.45, 2.75) is 0 Å². The zero-order valence-electron chi connectivity index (χ0n) is 16.0. The van der Waals surface area contributed by atoms with Crippen molar-refractivity contribution in [2.24, 2.45) is 0 Å². The van der Waals surface area contributed by atoms with Gasteiger partial charge < -0.3 is 20.1 Å². The Labute approximate surface area is 168 Å². The molecule has 7 heteroatoms. The Bertz CT molecular complexity index is 1080. The minimum atomic E-state index is 0.487. The Morgan fingerprint density at radius 1 is 0.862 bits per heavy atom. The lowest BCUT2D eigenvalue weighted by Crippen LogP contribution is -2.13. The molecule has 0 spiro atoms. The summed E-state index contributed by atoms with van der Waals surface area (Å²) in [6.07, 6.45) is 3.49. The van der Waals surface area contributed by atoms with E-state index in [-0.39, 0.29) is 0 Å². The lowest BCUT2D eigenvalue weighted by molar-refractivity contribution is 0.331. The standard InChI is InChI=1S/C22H21N5O2/c1-28-17-7-9-18(10-8-17)29-15-14-25-22-24-13-11-20(27-22)26-19-6-2-4-16-5-3-12-23-21(16)19/h2-13H,14-15H2,1H3,(H2,24,25,26,27). The summed E-state index contributed by atoms with van der Waals surface area (Å²) in [6.45, 7) is 1.06. The maximum atomic E-state index is 5.70. The second kappa shape index (κ2) is 8.88. The van der Waals surface area contributed by atoms with Gasteiger partial charge in [0.1, 0.15) is 23.9 Å². The van der Waals surface area contributed by atoms with E-state index in [1.54, 1.807) is 19.5 Å². The maximum Gasteiger partial charge on any atom is 0.224 e. The second-order valence-corrected chi connectivity index (χ2v) is 6.22. The Hall–Kier alpha value is -3.87. The van der Waals surface area contributed by atoms with Crippen molar-refractivity contribution in [3.05, 3.63) is 73.1 Å². The van der Waals surface area contributed by atoms with Gasteiger partial charge in [0.25, 0.3) is 0 Å². The Morgan fingerprint density at radius 3 is 2.55 bits per heavy atom. The molecule has 0 bridgehead atoms. The molecule has 2 aromatic heterocycles. The van der Waals surface area contributed by atoms with Crippen LogP contribution in [-0.2, 0) is 0 Å². The number of ether oxygens (including phenoxy) is 2. The molecule has 4 aromatic rings. The van der Waals surface area contributed by atoms with Gasteiger partial charge in [0.15, 0.2) is 0 Å². The van der Waals surface area contributed by atoms with Gasteiger partial charge in [-0.05, 0) is 42.5 Å². The van der Waals surface area contributed by atoms with E-state index in [0.29, 0.717) is 24.9 Å². The van der Waals surface area contributed by atoms with Gasteiger partial charge in [0.2, 0.25) is 5.95 Å². The van der Waals surface area contributed by atoms with Crippen LogP contribution in [0.3, 0.4) is 0 Å². The quantitative estimate of drug-likeness (QED) is 0.437. The molecule has 0 atom stereocenters. The van der Waals surface area contributed by atoms with Gasteiger partial charge in [-0.3, -0.25) is 4.98 Å². The number of pyridine rings is 1. The van der Waals surface area contributed by atoms with E-state index in [4.69, 9.17) is 9.47 Å². The highest BCUT2D eigenvalue weighted by Crippen LogP contribution is 2.23. The van der Waals surface area contributed by atoms with Crippen LogP contribution in [-0.4, -0.2) is 35.2 Å². The summed E-state index contributed by atoms with van der Waals surface area (Å²) in [6, 6.07) is 19.2. The molecule has 7 nitrogen and oxygen atoms in total. The summed E-state index contributed by atoms with van der Waals surface area (Å²) in [4.78, 5) is 13.2. The average Bonchev–Trinajstić information content (AvgIpc) is 2.78. The predicted octanol–water partition coefficient (Wildman–Crippen LogP) is 4.27. The number of anilines is 3. The van der Waals surface area contributed by atoms with E-state index in [1.807, 2.05) is 60.7 Å². The Kier molecular flexibility index (Phi) is 5.66. The minimum Gasteiger partial charge on any atom is -0.497 e. The number of hydrogen-bond donors (Lipinski definition) is 2. The van der Waals surface area contributed by atoms with E-state index in [2.05, 4.69) is 25.6 Å². The number of para-hydroxylation sites is 1. The molecule has 0 saturated heterocycles. The average molecular weight is 387 g/mol. The Morgan fingerprint density at radius 2 is 1.69 bits per heavy atom. The number of nitrogens with zero attached hydrogens (tertiary/aromatic N) is 3. The Balaban J connectivity index is 1.34. The van der Waals surface area contributed by atoms with E-state index in [1.165, 1.54) is 0 Å². The van der Waals surface area contributed by atoms with Crippen molar-refractivity contribution in [3.8, 4) is 11.5 Å². The molecule has 0 aliphatic carbocycles. The minimum absolute atomic E-state index is 0.487. The van der Waals surface area contributed by atoms with Crippen LogP contribution in [0, 0.1) is 0 Å². The second-order valence-electron chi connectivity index (χ2n) is 6.22. The van der Waals surface area contributed by atoms with E-state index < -0.39 is 0 Å². The zero-order chi connectivity index (χ0) is 19.9. The molecule has 29 heavy (non-hydrogen) atoms. The number of hydrogen-bond acceptors (Lipinski definition) is 7. The summed E-state index contributed by atoms with van der Waals surface area (Å²) < 4.78 is 10.8. The van der Waals surface area contributed by atoms with Gasteiger partial charge in [-0.2, -0.15) is 4.98 Å². The largest absolute Gasteiger partial charge is 0.497 e. The van der Waals surface area contributed by atoms with Gasteiger partial charge in [-0.1, -0.05) is 18.2 Å². The van der Waals surface area contributed by atoms with Gasteiger partial charge in [-0.15, -0.1) is 0 Å². The zero-order valence-corrected chi connectivity index (χ0v) is 16.0. The highest BCUT2D eigenvalue weighted by molar-refractivity contribution is 5.91. The summed E-state index contributed by atoms with van der Waals surface area (Å²) in [5, 5.41) is 7.56. The molecule has 146 valence electrons. The fourth-order valence-corrected chi connectivity index (χ4v) is 2.86. The molecule has 0 radical (unpaired) electrons. The summed E-state index contributed by atoms with van der Waals surface area (Å²) in [5.74, 6) is 2.81. The third-order valence-corrected chi connectivity index (χ3v) is 4.26. The first kappa shape index (κ1) is 18.5. The van der Waals surface area contributed by atoms with Crippen molar-refractivity contribution in [1.82, 2.24) is 15.0 Å². The number of aromatic nitrogens is 3. The first-order chi connectivity index (χ1) is 14.3. The third kappa shape index (κ3) is 4.70. The van der Waals surface area contributed by atoms with Gasteiger partial charge in [0, 0.05) is 17.8 Å². The van der Waals surface area contributed by atoms with E-state index >= 15 is 0 Å². The predicted molar refractivity (Wildman–Crippen MR) is 114 cm³/mol. The van der Waals surface area contributed by atoms with Crippen LogP contribution < -0.4 is 20.1 Å². The normalized spacial score (nSPS) is 10.5. The van der Waals surface area contributed by atoms with Crippen molar-refractivity contribution in [2.75, 3.05) is 30.9 Å². The van der Waals surface area contributed by atoms with Gasteiger partial charge >= 0.3 is 0 Å². The lowest BCUT2D eigenvalue weighted by atomic mass is 10.2. The monoisotopic (exact) mass is 387 g/mol. The van der Waals surface area contributed by atoms with Crippen LogP contribution in [0.25, 0.3) is 10.9 Å². The highest BCUT2D eigenvalue weighted by atomic mass is 16.5. The molecule has 2 heterocycles.